The van der Waals surface area contributed by atoms with E-state index in [-0.39, 0.29) is 30.1 Å². The minimum atomic E-state index is -0.332. The molecular weight excluding hydrogens is 427 g/mol. The summed E-state index contributed by atoms with van der Waals surface area (Å²) in [6.07, 6.45) is 4.71. The normalized spacial score (nSPS) is 11.1. The Morgan fingerprint density at radius 3 is 2.76 bits per heavy atom. The van der Waals surface area contributed by atoms with Gasteiger partial charge in [-0.15, -0.1) is 0 Å². The Hall–Kier alpha value is -4.60. The van der Waals surface area contributed by atoms with Crippen molar-refractivity contribution in [1.82, 2.24) is 24.7 Å². The molecule has 0 bridgehead atoms. The number of aryl methyl sites for hydroxylation is 1. The highest BCUT2D eigenvalue weighted by molar-refractivity contribution is 5.93. The number of hydrogen-bond donors (Lipinski definition) is 2. The van der Waals surface area contributed by atoms with Gasteiger partial charge in [-0.1, -0.05) is 12.1 Å². The Kier molecular flexibility index (Phi) is 5.23. The Morgan fingerprint density at radius 2 is 1.91 bits per heavy atom. The summed E-state index contributed by atoms with van der Waals surface area (Å²) in [4.78, 5) is 35.5. The number of aromatic nitrogens is 5. The van der Waals surface area contributed by atoms with E-state index in [0.717, 1.165) is 0 Å². The second-order valence-electron chi connectivity index (χ2n) is 7.22. The van der Waals surface area contributed by atoms with E-state index in [0.29, 0.717) is 39.6 Å². The van der Waals surface area contributed by atoms with Crippen molar-refractivity contribution in [3.8, 4) is 17.0 Å². The lowest BCUT2D eigenvalue weighted by Gasteiger charge is -2.11. The van der Waals surface area contributed by atoms with Crippen LogP contribution in [0.5, 0.6) is 0 Å². The molecule has 0 fully saturated rings. The van der Waals surface area contributed by atoms with Crippen molar-refractivity contribution in [2.45, 2.75) is 12.8 Å². The van der Waals surface area contributed by atoms with Crippen molar-refractivity contribution < 1.29 is 13.6 Å². The quantitative estimate of drug-likeness (QED) is 0.414. The summed E-state index contributed by atoms with van der Waals surface area (Å²) in [6.45, 7) is 0. The van der Waals surface area contributed by atoms with Gasteiger partial charge in [-0.3, -0.25) is 9.59 Å². The molecule has 2 N–H and O–H groups in total. The van der Waals surface area contributed by atoms with Crippen LogP contribution in [0.2, 0.25) is 0 Å². The van der Waals surface area contributed by atoms with Crippen LogP contribution in [0.4, 0.5) is 10.1 Å². The monoisotopic (exact) mass is 444 g/mol. The van der Waals surface area contributed by atoms with Gasteiger partial charge in [0.1, 0.15) is 11.2 Å². The fraction of sp³-hybridized carbons (Fsp3) is 0.0870. The molecule has 0 atom stereocenters. The predicted octanol–water partition coefficient (Wildman–Crippen LogP) is 3.47. The van der Waals surface area contributed by atoms with Gasteiger partial charge in [0.15, 0.2) is 17.3 Å². The number of nitrogens with one attached hydrogen (secondary N) is 2. The van der Waals surface area contributed by atoms with Crippen molar-refractivity contribution in [3.63, 3.8) is 0 Å². The van der Waals surface area contributed by atoms with Crippen LogP contribution in [0, 0.1) is 5.82 Å². The number of oxazole rings is 1. The second kappa shape index (κ2) is 8.50. The highest BCUT2D eigenvalue weighted by Gasteiger charge is 2.15. The van der Waals surface area contributed by atoms with Crippen LogP contribution in [0.1, 0.15) is 12.3 Å². The third kappa shape index (κ3) is 4.13. The van der Waals surface area contributed by atoms with Gasteiger partial charge in [0.2, 0.25) is 5.91 Å². The molecule has 3 heterocycles. The number of aromatic amines is 1. The number of nitrogens with zero attached hydrogens (tertiary/aromatic N) is 4. The smallest absolute Gasteiger partial charge is 0.261 e. The average Bonchev–Trinajstić information content (AvgIpc) is 3.47. The SMILES string of the molecule is O=C(CCc1ncc(-c2ccc(F)cc2)o1)Nc1ccccc1-n1ncc2c(=O)[nH]cnc21. The molecule has 33 heavy (non-hydrogen) atoms. The van der Waals surface area contributed by atoms with E-state index in [1.807, 2.05) is 0 Å². The lowest BCUT2D eigenvalue weighted by Crippen LogP contribution is -2.15. The van der Waals surface area contributed by atoms with Crippen LogP contribution in [0.3, 0.4) is 0 Å². The molecule has 5 rings (SSSR count). The van der Waals surface area contributed by atoms with E-state index in [1.54, 1.807) is 42.6 Å². The average molecular weight is 444 g/mol. The number of anilines is 1. The summed E-state index contributed by atoms with van der Waals surface area (Å²) >= 11 is 0. The van der Waals surface area contributed by atoms with Crippen molar-refractivity contribution in [1.29, 1.82) is 0 Å². The van der Waals surface area contributed by atoms with Crippen LogP contribution in [-0.2, 0) is 11.2 Å². The van der Waals surface area contributed by atoms with E-state index < -0.39 is 0 Å². The maximum Gasteiger partial charge on any atom is 0.261 e. The number of H-pyrrole nitrogens is 1. The lowest BCUT2D eigenvalue weighted by molar-refractivity contribution is -0.116. The van der Waals surface area contributed by atoms with Crippen LogP contribution >= 0.6 is 0 Å². The summed E-state index contributed by atoms with van der Waals surface area (Å²) in [7, 11) is 0. The van der Waals surface area contributed by atoms with Gasteiger partial charge in [-0.05, 0) is 36.4 Å². The predicted molar refractivity (Wildman–Crippen MR) is 118 cm³/mol. The number of benzene rings is 2. The zero-order valence-electron chi connectivity index (χ0n) is 17.2. The second-order valence-corrected chi connectivity index (χ2v) is 7.22. The number of carbonyl (C=O) groups excluding carboxylic acids is 1. The zero-order valence-corrected chi connectivity index (χ0v) is 17.2. The fourth-order valence-electron chi connectivity index (χ4n) is 3.40. The molecule has 0 saturated carbocycles. The van der Waals surface area contributed by atoms with Gasteiger partial charge in [0, 0.05) is 18.4 Å². The number of amides is 1. The Bertz CT molecular complexity index is 1500. The molecule has 164 valence electrons. The fourth-order valence-corrected chi connectivity index (χ4v) is 3.40. The number of para-hydroxylation sites is 2. The summed E-state index contributed by atoms with van der Waals surface area (Å²) in [5.74, 6) is 0.329. The third-order valence-corrected chi connectivity index (χ3v) is 5.03. The highest BCUT2D eigenvalue weighted by Crippen LogP contribution is 2.23. The first-order valence-electron chi connectivity index (χ1n) is 10.1. The minimum Gasteiger partial charge on any atom is -0.441 e. The molecule has 2 aromatic carbocycles. The number of rotatable bonds is 6. The molecule has 0 spiro atoms. The maximum absolute atomic E-state index is 13.1. The summed E-state index contributed by atoms with van der Waals surface area (Å²) in [5, 5.41) is 7.47. The molecule has 5 aromatic rings. The summed E-state index contributed by atoms with van der Waals surface area (Å²) in [5.41, 5.74) is 1.89. The molecule has 10 heteroatoms. The molecule has 0 saturated heterocycles. The van der Waals surface area contributed by atoms with Gasteiger partial charge >= 0.3 is 0 Å². The van der Waals surface area contributed by atoms with Crippen molar-refractivity contribution in [3.05, 3.63) is 89.3 Å². The maximum atomic E-state index is 13.1. The van der Waals surface area contributed by atoms with E-state index in [9.17, 15) is 14.0 Å². The standard InChI is InChI=1S/C23H17FN6O3/c24-15-7-5-14(6-8-15)19-12-25-21(33-19)10-9-20(31)29-17-3-1-2-4-18(17)30-22-16(11-28-30)23(32)27-13-26-22/h1-8,11-13H,9-10H2,(H,29,31)(H,26,27,32). The van der Waals surface area contributed by atoms with Crippen molar-refractivity contribution in [2.24, 2.45) is 0 Å². The molecule has 1 amide bonds. The first-order valence-corrected chi connectivity index (χ1v) is 10.1. The van der Waals surface area contributed by atoms with E-state index >= 15 is 0 Å². The number of halogens is 1. The van der Waals surface area contributed by atoms with Crippen LogP contribution in [0.15, 0.2) is 76.5 Å². The van der Waals surface area contributed by atoms with Crippen LogP contribution < -0.4 is 10.9 Å². The van der Waals surface area contributed by atoms with Crippen molar-refractivity contribution >= 4 is 22.6 Å². The molecule has 0 aliphatic heterocycles. The first kappa shape index (κ1) is 20.3. The summed E-state index contributed by atoms with van der Waals surface area (Å²) < 4.78 is 20.3. The Labute approximate surface area is 185 Å². The van der Waals surface area contributed by atoms with Crippen molar-refractivity contribution in [2.75, 3.05) is 5.32 Å². The summed E-state index contributed by atoms with van der Waals surface area (Å²) in [6, 6.07) is 13.0. The largest absolute Gasteiger partial charge is 0.441 e. The molecule has 9 nitrogen and oxygen atoms in total. The topological polar surface area (TPSA) is 119 Å². The van der Waals surface area contributed by atoms with E-state index in [2.05, 4.69) is 25.4 Å². The molecule has 0 radical (unpaired) electrons. The molecule has 0 aliphatic carbocycles. The number of hydrogen-bond acceptors (Lipinski definition) is 6. The van der Waals surface area contributed by atoms with Gasteiger partial charge < -0.3 is 14.7 Å². The number of fused-ring (bicyclic) bond motifs is 1. The Morgan fingerprint density at radius 1 is 1.09 bits per heavy atom. The van der Waals surface area contributed by atoms with Gasteiger partial charge in [-0.2, -0.15) is 5.10 Å². The van der Waals surface area contributed by atoms with Crippen LogP contribution in [0.25, 0.3) is 28.0 Å². The van der Waals surface area contributed by atoms with Crippen LogP contribution in [-0.4, -0.2) is 30.6 Å². The highest BCUT2D eigenvalue weighted by atomic mass is 19.1. The zero-order chi connectivity index (χ0) is 22.8. The minimum absolute atomic E-state index is 0.134. The molecule has 0 aliphatic rings. The van der Waals surface area contributed by atoms with Gasteiger partial charge in [0.25, 0.3) is 5.56 Å². The molecular formula is C23H17FN6O3. The Balaban J connectivity index is 1.30. The van der Waals surface area contributed by atoms with E-state index in [4.69, 9.17) is 4.42 Å². The van der Waals surface area contributed by atoms with Gasteiger partial charge in [-0.25, -0.2) is 19.0 Å². The van der Waals surface area contributed by atoms with E-state index in [1.165, 1.54) is 29.3 Å². The third-order valence-electron chi connectivity index (χ3n) is 5.03. The molecule has 0 unspecified atom stereocenters. The lowest BCUT2D eigenvalue weighted by atomic mass is 10.2. The number of carbonyl (C=O) groups is 1. The first-order chi connectivity index (χ1) is 16.1. The van der Waals surface area contributed by atoms with Gasteiger partial charge in [0.05, 0.1) is 30.1 Å². The molecule has 3 aromatic heterocycles.